The molecule has 0 saturated heterocycles. The summed E-state index contributed by atoms with van der Waals surface area (Å²) < 4.78 is 25.3. The van der Waals surface area contributed by atoms with Gasteiger partial charge in [-0.25, -0.2) is 4.89 Å². The molecule has 0 unspecified atom stereocenters. The minimum Gasteiger partial charge on any atom is -0.223 e. The summed E-state index contributed by atoms with van der Waals surface area (Å²) in [5, 5.41) is 0. The van der Waals surface area contributed by atoms with Gasteiger partial charge in [0.2, 0.25) is 0 Å². The molecular weight excluding hydrogens is 156 g/mol. The van der Waals surface area contributed by atoms with Crippen molar-refractivity contribution in [1.29, 1.82) is 0 Å². The van der Waals surface area contributed by atoms with Gasteiger partial charge in [0.15, 0.2) is 0 Å². The van der Waals surface area contributed by atoms with Crippen LogP contribution in [0, 0.1) is 0 Å². The molecule has 62 valence electrons. The second kappa shape index (κ2) is 4.65. The molecule has 0 N–H and O–H groups in total. The van der Waals surface area contributed by atoms with Crippen molar-refractivity contribution in [2.45, 2.75) is 19.8 Å². The Morgan fingerprint density at radius 3 is 2.40 bits per heavy atom. The first-order chi connectivity index (χ1) is 4.62. The van der Waals surface area contributed by atoms with Gasteiger partial charge in [-0.1, -0.05) is 13.3 Å². The summed E-state index contributed by atoms with van der Waals surface area (Å²) >= 11 is 0. The van der Waals surface area contributed by atoms with E-state index >= 15 is 0 Å². The van der Waals surface area contributed by atoms with Crippen LogP contribution in [0.25, 0.3) is 0 Å². The topological polar surface area (TPSA) is 52.6 Å². The first kappa shape index (κ1) is 9.87. The van der Waals surface area contributed by atoms with Gasteiger partial charge in [-0.15, -0.1) is 4.33 Å². The molecule has 0 saturated carbocycles. The lowest BCUT2D eigenvalue weighted by atomic mass is 10.4. The van der Waals surface area contributed by atoms with E-state index in [4.69, 9.17) is 0 Å². The van der Waals surface area contributed by atoms with Crippen molar-refractivity contribution in [3.05, 3.63) is 0 Å². The lowest BCUT2D eigenvalue weighted by molar-refractivity contribution is -0.172. The summed E-state index contributed by atoms with van der Waals surface area (Å²) in [5.41, 5.74) is 0. The summed E-state index contributed by atoms with van der Waals surface area (Å²) in [6, 6.07) is 0. The molecule has 0 aromatic carbocycles. The van der Waals surface area contributed by atoms with Crippen molar-refractivity contribution in [3.8, 4) is 0 Å². The van der Waals surface area contributed by atoms with Crippen molar-refractivity contribution < 1.29 is 17.6 Å². The van der Waals surface area contributed by atoms with E-state index in [1.807, 2.05) is 6.92 Å². The van der Waals surface area contributed by atoms with Crippen LogP contribution in [0.5, 0.6) is 0 Å². The molecule has 0 heterocycles. The SMILES string of the molecule is CCCCS(=O)(=O)OOC. The van der Waals surface area contributed by atoms with Gasteiger partial charge in [0, 0.05) is 0 Å². The zero-order valence-corrected chi connectivity index (χ0v) is 6.98. The lowest BCUT2D eigenvalue weighted by Crippen LogP contribution is -2.09. The molecule has 5 heteroatoms. The Bertz CT molecular complexity index is 160. The largest absolute Gasteiger partial charge is 0.293 e. The number of hydrogen-bond acceptors (Lipinski definition) is 4. The molecule has 4 nitrogen and oxygen atoms in total. The highest BCUT2D eigenvalue weighted by atomic mass is 32.2. The van der Waals surface area contributed by atoms with Crippen LogP contribution in [0.3, 0.4) is 0 Å². The Kier molecular flexibility index (Phi) is 4.59. The van der Waals surface area contributed by atoms with Gasteiger partial charge in [-0.05, 0) is 6.42 Å². The molecule has 0 atom stereocenters. The Hall–Kier alpha value is -0.130. The summed E-state index contributed by atoms with van der Waals surface area (Å²) in [6.45, 7) is 1.91. The highest BCUT2D eigenvalue weighted by Gasteiger charge is 2.09. The van der Waals surface area contributed by atoms with E-state index in [0.29, 0.717) is 6.42 Å². The van der Waals surface area contributed by atoms with Gasteiger partial charge < -0.3 is 0 Å². The molecule has 0 radical (unpaired) electrons. The maximum absolute atomic E-state index is 10.6. The predicted molar refractivity (Wildman–Crippen MR) is 36.8 cm³/mol. The van der Waals surface area contributed by atoms with Crippen LogP contribution in [0.2, 0.25) is 0 Å². The van der Waals surface area contributed by atoms with Gasteiger partial charge >= 0.3 is 0 Å². The van der Waals surface area contributed by atoms with Gasteiger partial charge in [-0.2, -0.15) is 8.42 Å². The molecular formula is C5H12O4S. The van der Waals surface area contributed by atoms with Crippen molar-refractivity contribution >= 4 is 10.1 Å². The monoisotopic (exact) mass is 168 g/mol. The number of hydrogen-bond donors (Lipinski definition) is 0. The van der Waals surface area contributed by atoms with E-state index in [1.165, 1.54) is 7.11 Å². The van der Waals surface area contributed by atoms with Crippen molar-refractivity contribution in [1.82, 2.24) is 0 Å². The molecule has 0 aliphatic rings. The smallest absolute Gasteiger partial charge is 0.223 e. The molecule has 0 fully saturated rings. The standard InChI is InChI=1S/C5H12O4S/c1-3-4-5-10(6,7)9-8-2/h3-5H2,1-2H3. The van der Waals surface area contributed by atoms with Crippen molar-refractivity contribution in [3.63, 3.8) is 0 Å². The third kappa shape index (κ3) is 4.72. The number of rotatable bonds is 5. The molecule has 0 aliphatic heterocycles. The van der Waals surface area contributed by atoms with Crippen LogP contribution >= 0.6 is 0 Å². The lowest BCUT2D eigenvalue weighted by Gasteiger charge is -1.98. The van der Waals surface area contributed by atoms with Crippen molar-refractivity contribution in [2.75, 3.05) is 12.9 Å². The minimum atomic E-state index is -3.42. The summed E-state index contributed by atoms with van der Waals surface area (Å²) in [5.74, 6) is 0.0251. The fraction of sp³-hybridized carbons (Fsp3) is 1.00. The van der Waals surface area contributed by atoms with E-state index in [2.05, 4.69) is 9.22 Å². The Morgan fingerprint density at radius 1 is 1.40 bits per heavy atom. The maximum atomic E-state index is 10.6. The van der Waals surface area contributed by atoms with Crippen LogP contribution in [-0.2, 0) is 19.3 Å². The maximum Gasteiger partial charge on any atom is 0.293 e. The first-order valence-corrected chi connectivity index (χ1v) is 4.65. The third-order valence-electron chi connectivity index (χ3n) is 0.920. The molecule has 0 spiro atoms. The second-order valence-corrected chi connectivity index (χ2v) is 3.51. The van der Waals surface area contributed by atoms with E-state index in [1.54, 1.807) is 0 Å². The predicted octanol–water partition coefficient (Wildman–Crippen LogP) is 0.694. The summed E-state index contributed by atoms with van der Waals surface area (Å²) in [4.78, 5) is 4.02. The van der Waals surface area contributed by atoms with E-state index in [-0.39, 0.29) is 5.75 Å². The van der Waals surface area contributed by atoms with E-state index in [9.17, 15) is 8.42 Å². The normalized spacial score (nSPS) is 11.8. The van der Waals surface area contributed by atoms with Gasteiger partial charge in [0.1, 0.15) is 0 Å². The highest BCUT2D eigenvalue weighted by Crippen LogP contribution is 1.97. The Morgan fingerprint density at radius 2 is 2.00 bits per heavy atom. The molecule has 0 rings (SSSR count). The average Bonchev–Trinajstić information content (AvgIpc) is 1.84. The van der Waals surface area contributed by atoms with Crippen LogP contribution in [0.1, 0.15) is 19.8 Å². The van der Waals surface area contributed by atoms with E-state index in [0.717, 1.165) is 6.42 Å². The average molecular weight is 168 g/mol. The summed E-state index contributed by atoms with van der Waals surface area (Å²) in [6.07, 6.45) is 1.43. The summed E-state index contributed by atoms with van der Waals surface area (Å²) in [7, 11) is -2.25. The molecule has 0 aromatic heterocycles. The molecule has 10 heavy (non-hydrogen) atoms. The van der Waals surface area contributed by atoms with Crippen LogP contribution < -0.4 is 0 Å². The van der Waals surface area contributed by atoms with Crippen LogP contribution in [0.4, 0.5) is 0 Å². The fourth-order valence-corrected chi connectivity index (χ4v) is 1.38. The van der Waals surface area contributed by atoms with Gasteiger partial charge in [-0.3, -0.25) is 0 Å². The van der Waals surface area contributed by atoms with Crippen LogP contribution in [0.15, 0.2) is 0 Å². The van der Waals surface area contributed by atoms with Crippen molar-refractivity contribution in [2.24, 2.45) is 0 Å². The van der Waals surface area contributed by atoms with E-state index < -0.39 is 10.1 Å². The zero-order chi connectivity index (χ0) is 8.04. The second-order valence-electron chi connectivity index (χ2n) is 1.85. The van der Waals surface area contributed by atoms with Gasteiger partial charge in [0.25, 0.3) is 10.1 Å². The third-order valence-corrected chi connectivity index (χ3v) is 2.05. The first-order valence-electron chi connectivity index (χ1n) is 3.07. The fourth-order valence-electron chi connectivity index (χ4n) is 0.459. The highest BCUT2D eigenvalue weighted by molar-refractivity contribution is 7.86. The Labute approximate surface area is 61.2 Å². The molecule has 0 aromatic rings. The number of unbranched alkanes of at least 4 members (excludes halogenated alkanes) is 1. The van der Waals surface area contributed by atoms with Crippen LogP contribution in [-0.4, -0.2) is 21.3 Å². The minimum absolute atomic E-state index is 0.0251. The van der Waals surface area contributed by atoms with Gasteiger partial charge in [0.05, 0.1) is 12.9 Å². The quantitative estimate of drug-likeness (QED) is 0.448. The Balaban J connectivity index is 3.65. The zero-order valence-electron chi connectivity index (χ0n) is 6.16. The molecule has 0 aliphatic carbocycles. The molecule has 0 bridgehead atoms. The molecule has 0 amide bonds.